The fourth-order valence-corrected chi connectivity index (χ4v) is 3.16. The largest absolute Gasteiger partial charge is 0.361 e. The number of benzene rings is 2. The molecule has 0 atom stereocenters. The number of carbonyl (C=O) groups excluding carboxylic acids is 2. The minimum Gasteiger partial charge on any atom is -0.361 e. The van der Waals surface area contributed by atoms with Crippen molar-refractivity contribution >= 4 is 34.1 Å². The van der Waals surface area contributed by atoms with E-state index in [0.717, 1.165) is 27.8 Å². The lowest BCUT2D eigenvalue weighted by atomic mass is 10.1. The molecule has 1 aromatic heterocycles. The number of aromatic nitrogens is 1. The number of nitrogens with one attached hydrogen (secondary N) is 2. The van der Waals surface area contributed by atoms with Crippen LogP contribution in [0.1, 0.15) is 22.8 Å². The van der Waals surface area contributed by atoms with E-state index >= 15 is 0 Å². The van der Waals surface area contributed by atoms with Gasteiger partial charge < -0.3 is 15.2 Å². The molecule has 0 saturated heterocycles. The van der Waals surface area contributed by atoms with Gasteiger partial charge in [0.1, 0.15) is 0 Å². The molecule has 0 radical (unpaired) electrons. The Hall–Kier alpha value is -3.08. The second-order valence-electron chi connectivity index (χ2n) is 5.90. The van der Waals surface area contributed by atoms with Crippen molar-refractivity contribution in [1.29, 1.82) is 0 Å². The van der Waals surface area contributed by atoms with E-state index in [-0.39, 0.29) is 11.8 Å². The first-order chi connectivity index (χ1) is 11.7. The first-order valence-corrected chi connectivity index (χ1v) is 7.97. The molecule has 0 spiro atoms. The highest BCUT2D eigenvalue weighted by Crippen LogP contribution is 2.27. The summed E-state index contributed by atoms with van der Waals surface area (Å²) in [6.45, 7) is 2.52. The molecular weight excluding hydrogens is 302 g/mol. The Morgan fingerprint density at radius 1 is 1.17 bits per heavy atom. The van der Waals surface area contributed by atoms with Gasteiger partial charge in [-0.25, -0.2) is 0 Å². The lowest BCUT2D eigenvalue weighted by molar-refractivity contribution is -0.115. The Bertz CT molecular complexity index is 958. The lowest BCUT2D eigenvalue weighted by Gasteiger charge is -2.21. The summed E-state index contributed by atoms with van der Waals surface area (Å²) in [6, 6.07) is 13.3. The summed E-state index contributed by atoms with van der Waals surface area (Å²) in [5.41, 5.74) is 4.16. The summed E-state index contributed by atoms with van der Waals surface area (Å²) >= 11 is 0. The second-order valence-corrected chi connectivity index (χ2v) is 5.90. The van der Waals surface area contributed by atoms with Gasteiger partial charge in [0.05, 0.1) is 6.42 Å². The van der Waals surface area contributed by atoms with Crippen LogP contribution in [0, 0.1) is 0 Å². The number of aromatic amines is 1. The molecule has 2 heterocycles. The molecule has 2 amide bonds. The van der Waals surface area contributed by atoms with Crippen LogP contribution in [0.25, 0.3) is 10.9 Å². The number of nitrogens with zero attached hydrogens (tertiary/aromatic N) is 1. The fraction of sp³-hybridized carbons (Fsp3) is 0.158. The van der Waals surface area contributed by atoms with Crippen LogP contribution in [0.15, 0.2) is 48.7 Å². The van der Waals surface area contributed by atoms with Crippen molar-refractivity contribution in [3.63, 3.8) is 0 Å². The monoisotopic (exact) mass is 319 g/mol. The molecule has 3 aromatic rings. The number of hydrogen-bond acceptors (Lipinski definition) is 2. The Balaban J connectivity index is 1.68. The van der Waals surface area contributed by atoms with E-state index in [1.54, 1.807) is 17.0 Å². The number of hydrogen-bond donors (Lipinski definition) is 2. The Kier molecular flexibility index (Phi) is 3.34. The molecule has 4 rings (SSSR count). The summed E-state index contributed by atoms with van der Waals surface area (Å²) in [5.74, 6) is -0.101. The van der Waals surface area contributed by atoms with Crippen molar-refractivity contribution in [2.24, 2.45) is 0 Å². The van der Waals surface area contributed by atoms with Crippen LogP contribution in [-0.4, -0.2) is 23.3 Å². The van der Waals surface area contributed by atoms with Gasteiger partial charge in [-0.2, -0.15) is 0 Å². The average molecular weight is 319 g/mol. The van der Waals surface area contributed by atoms with Gasteiger partial charge in [0.15, 0.2) is 0 Å². The molecule has 0 saturated carbocycles. The Labute approximate surface area is 139 Å². The molecule has 24 heavy (non-hydrogen) atoms. The SMILES string of the molecule is CCN(C(=O)c1ccc2c(c1)NC(=O)C2)c1ccc2[nH]ccc2c1. The maximum absolute atomic E-state index is 12.9. The zero-order valence-electron chi connectivity index (χ0n) is 13.3. The van der Waals surface area contributed by atoms with Crippen LogP contribution in [0.4, 0.5) is 11.4 Å². The molecule has 0 aliphatic carbocycles. The van der Waals surface area contributed by atoms with E-state index in [1.165, 1.54) is 0 Å². The van der Waals surface area contributed by atoms with Crippen LogP contribution >= 0.6 is 0 Å². The molecule has 1 aliphatic rings. The zero-order chi connectivity index (χ0) is 16.7. The normalized spacial score (nSPS) is 13.0. The smallest absolute Gasteiger partial charge is 0.258 e. The van der Waals surface area contributed by atoms with Crippen LogP contribution < -0.4 is 10.2 Å². The standard InChI is InChI=1S/C19H17N3O2/c1-2-22(15-5-6-16-13(9-15)7-8-20-16)19(24)14-4-3-12-11-18(23)21-17(12)10-14/h3-10,20H,2,11H2,1H3,(H,21,23). The maximum atomic E-state index is 12.9. The van der Waals surface area contributed by atoms with Gasteiger partial charge in [0, 0.05) is 40.6 Å². The van der Waals surface area contributed by atoms with Crippen molar-refractivity contribution in [1.82, 2.24) is 4.98 Å². The molecule has 1 aliphatic heterocycles. The van der Waals surface area contributed by atoms with E-state index in [4.69, 9.17) is 0 Å². The molecule has 2 N–H and O–H groups in total. The topological polar surface area (TPSA) is 65.2 Å². The van der Waals surface area contributed by atoms with Crippen molar-refractivity contribution in [3.8, 4) is 0 Å². The summed E-state index contributed by atoms with van der Waals surface area (Å²) in [7, 11) is 0. The minimum atomic E-state index is -0.0728. The third kappa shape index (κ3) is 2.34. The van der Waals surface area contributed by atoms with E-state index in [9.17, 15) is 9.59 Å². The highest BCUT2D eigenvalue weighted by atomic mass is 16.2. The summed E-state index contributed by atoms with van der Waals surface area (Å²) in [6.07, 6.45) is 2.27. The number of rotatable bonds is 3. The molecular formula is C19H17N3O2. The summed E-state index contributed by atoms with van der Waals surface area (Å²) in [5, 5.41) is 3.87. The van der Waals surface area contributed by atoms with E-state index in [2.05, 4.69) is 10.3 Å². The van der Waals surface area contributed by atoms with Gasteiger partial charge >= 0.3 is 0 Å². The number of fused-ring (bicyclic) bond motifs is 2. The van der Waals surface area contributed by atoms with E-state index < -0.39 is 0 Å². The molecule has 0 unspecified atom stereocenters. The van der Waals surface area contributed by atoms with Crippen molar-refractivity contribution in [3.05, 3.63) is 59.8 Å². The first-order valence-electron chi connectivity index (χ1n) is 7.97. The number of H-pyrrole nitrogens is 1. The molecule has 0 bridgehead atoms. The average Bonchev–Trinajstić information content (AvgIpc) is 3.19. The minimum absolute atomic E-state index is 0.0279. The third-order valence-corrected chi connectivity index (χ3v) is 4.39. The first kappa shape index (κ1) is 14.5. The number of amides is 2. The number of anilines is 2. The van der Waals surface area contributed by atoms with Gasteiger partial charge in [-0.1, -0.05) is 6.07 Å². The van der Waals surface area contributed by atoms with Crippen LogP contribution in [0.5, 0.6) is 0 Å². The van der Waals surface area contributed by atoms with Gasteiger partial charge in [-0.3, -0.25) is 9.59 Å². The third-order valence-electron chi connectivity index (χ3n) is 4.39. The van der Waals surface area contributed by atoms with Gasteiger partial charge in [-0.05, 0) is 48.9 Å². The van der Waals surface area contributed by atoms with Gasteiger partial charge in [0.25, 0.3) is 5.91 Å². The lowest BCUT2D eigenvalue weighted by Crippen LogP contribution is -2.30. The molecule has 5 heteroatoms. The second kappa shape index (κ2) is 5.53. The fourth-order valence-electron chi connectivity index (χ4n) is 3.16. The highest BCUT2D eigenvalue weighted by molar-refractivity contribution is 6.09. The van der Waals surface area contributed by atoms with E-state index in [0.29, 0.717) is 18.5 Å². The number of carbonyl (C=O) groups is 2. The zero-order valence-corrected chi connectivity index (χ0v) is 13.3. The molecule has 120 valence electrons. The van der Waals surface area contributed by atoms with Crippen LogP contribution in [0.2, 0.25) is 0 Å². The van der Waals surface area contributed by atoms with E-state index in [1.807, 2.05) is 43.5 Å². The van der Waals surface area contributed by atoms with Crippen molar-refractivity contribution in [2.75, 3.05) is 16.8 Å². The predicted octanol–water partition coefficient (Wildman–Crippen LogP) is 3.33. The maximum Gasteiger partial charge on any atom is 0.258 e. The van der Waals surface area contributed by atoms with Crippen LogP contribution in [0.3, 0.4) is 0 Å². The summed E-state index contributed by atoms with van der Waals surface area (Å²) in [4.78, 5) is 29.3. The quantitative estimate of drug-likeness (QED) is 0.777. The molecule has 0 fully saturated rings. The molecule has 5 nitrogen and oxygen atoms in total. The highest BCUT2D eigenvalue weighted by Gasteiger charge is 2.22. The van der Waals surface area contributed by atoms with Crippen molar-refractivity contribution < 1.29 is 9.59 Å². The van der Waals surface area contributed by atoms with Crippen LogP contribution in [-0.2, 0) is 11.2 Å². The Morgan fingerprint density at radius 2 is 2.04 bits per heavy atom. The van der Waals surface area contributed by atoms with Gasteiger partial charge in [-0.15, -0.1) is 0 Å². The molecule has 2 aromatic carbocycles. The summed E-state index contributed by atoms with van der Waals surface area (Å²) < 4.78 is 0. The van der Waals surface area contributed by atoms with Crippen molar-refractivity contribution in [2.45, 2.75) is 13.3 Å². The van der Waals surface area contributed by atoms with Gasteiger partial charge in [0.2, 0.25) is 5.91 Å². The Morgan fingerprint density at radius 3 is 2.88 bits per heavy atom. The predicted molar refractivity (Wildman–Crippen MR) is 94.4 cm³/mol.